The summed E-state index contributed by atoms with van der Waals surface area (Å²) in [6, 6.07) is 3.90. The average molecular weight is 346 g/mol. The molecule has 0 N–H and O–H groups in total. The van der Waals surface area contributed by atoms with Gasteiger partial charge in [0.1, 0.15) is 5.75 Å². The van der Waals surface area contributed by atoms with Crippen molar-refractivity contribution in [3.05, 3.63) is 24.0 Å². The fraction of sp³-hybridized carbons (Fsp3) is 0.727. The van der Waals surface area contributed by atoms with E-state index in [-0.39, 0.29) is 11.9 Å². The van der Waals surface area contributed by atoms with Crippen LogP contribution in [0.15, 0.2) is 18.3 Å². The highest BCUT2D eigenvalue weighted by molar-refractivity contribution is 5.75. The molecule has 1 aliphatic carbocycles. The van der Waals surface area contributed by atoms with Crippen LogP contribution < -0.4 is 4.74 Å². The van der Waals surface area contributed by atoms with Crippen LogP contribution >= 0.6 is 0 Å². The Labute approximate surface area is 153 Å². The van der Waals surface area contributed by atoms with E-state index in [4.69, 9.17) is 4.74 Å². The number of hydrogen-bond acceptors (Lipinski definition) is 3. The van der Waals surface area contributed by atoms with Gasteiger partial charge in [-0.2, -0.15) is 0 Å². The molecule has 1 saturated carbocycles. The van der Waals surface area contributed by atoms with Crippen molar-refractivity contribution in [2.24, 2.45) is 11.8 Å². The molecule has 140 valence electrons. The summed E-state index contributed by atoms with van der Waals surface area (Å²) in [5, 5.41) is 0. The summed E-state index contributed by atoms with van der Waals surface area (Å²) in [5.41, 5.74) is 1.09. The van der Waals surface area contributed by atoms with Crippen LogP contribution in [0, 0.1) is 11.8 Å². The van der Waals surface area contributed by atoms with Gasteiger partial charge in [0.2, 0.25) is 0 Å². The Morgan fingerprint density at radius 1 is 1.04 bits per heavy atom. The first kappa shape index (κ1) is 19.9. The first-order valence-electron chi connectivity index (χ1n) is 10.4. The molecule has 0 saturated heterocycles. The van der Waals surface area contributed by atoms with E-state index >= 15 is 0 Å². The molecule has 0 aliphatic heterocycles. The summed E-state index contributed by atoms with van der Waals surface area (Å²) >= 11 is 0. The maximum atomic E-state index is 12.3. The van der Waals surface area contributed by atoms with Crippen LogP contribution in [-0.4, -0.2) is 11.0 Å². The van der Waals surface area contributed by atoms with Gasteiger partial charge in [0, 0.05) is 5.69 Å². The van der Waals surface area contributed by atoms with E-state index in [1.54, 1.807) is 6.20 Å². The molecule has 1 aromatic heterocycles. The minimum atomic E-state index is -0.0657. The van der Waals surface area contributed by atoms with E-state index in [0.29, 0.717) is 5.75 Å². The quantitative estimate of drug-likeness (QED) is 0.379. The van der Waals surface area contributed by atoms with Gasteiger partial charge in [0.05, 0.1) is 12.1 Å². The second-order valence-corrected chi connectivity index (χ2v) is 7.58. The number of aryl methyl sites for hydroxylation is 1. The third-order valence-electron chi connectivity index (χ3n) is 5.43. The molecule has 1 aliphatic rings. The van der Waals surface area contributed by atoms with Gasteiger partial charge in [-0.3, -0.25) is 9.78 Å². The van der Waals surface area contributed by atoms with Gasteiger partial charge in [0.15, 0.2) is 0 Å². The third kappa shape index (κ3) is 7.17. The molecule has 0 unspecified atom stereocenters. The molecule has 0 radical (unpaired) electrons. The predicted molar refractivity (Wildman–Crippen MR) is 103 cm³/mol. The summed E-state index contributed by atoms with van der Waals surface area (Å²) in [4.78, 5) is 16.8. The van der Waals surface area contributed by atoms with E-state index < -0.39 is 0 Å². The smallest absolute Gasteiger partial charge is 0.314 e. The van der Waals surface area contributed by atoms with E-state index in [9.17, 15) is 4.79 Å². The average Bonchev–Trinajstić information content (AvgIpc) is 2.64. The second kappa shape index (κ2) is 11.3. The minimum Gasteiger partial charge on any atom is -0.425 e. The molecule has 1 aromatic rings. The lowest BCUT2D eigenvalue weighted by Crippen LogP contribution is -2.25. The molecule has 2 rings (SSSR count). The Bertz CT molecular complexity index is 489. The Morgan fingerprint density at radius 2 is 1.80 bits per heavy atom. The highest BCUT2D eigenvalue weighted by Gasteiger charge is 2.27. The first-order valence-corrected chi connectivity index (χ1v) is 10.4. The highest BCUT2D eigenvalue weighted by atomic mass is 16.5. The van der Waals surface area contributed by atoms with Crippen LogP contribution in [0.5, 0.6) is 5.75 Å². The largest absolute Gasteiger partial charge is 0.425 e. The Kier molecular flexibility index (Phi) is 8.99. The number of hydrogen-bond donors (Lipinski definition) is 0. The van der Waals surface area contributed by atoms with Crippen LogP contribution in [0.2, 0.25) is 0 Å². The highest BCUT2D eigenvalue weighted by Crippen LogP contribution is 2.32. The maximum Gasteiger partial charge on any atom is 0.314 e. The van der Waals surface area contributed by atoms with Gasteiger partial charge in [-0.25, -0.2) is 0 Å². The summed E-state index contributed by atoms with van der Waals surface area (Å²) in [5.74, 6) is 1.41. The van der Waals surface area contributed by atoms with E-state index in [1.165, 1.54) is 57.8 Å². The zero-order valence-corrected chi connectivity index (χ0v) is 16.1. The molecule has 0 bridgehead atoms. The molecule has 0 atom stereocenters. The van der Waals surface area contributed by atoms with Crippen LogP contribution in [0.25, 0.3) is 0 Å². The summed E-state index contributed by atoms with van der Waals surface area (Å²) in [7, 11) is 0. The summed E-state index contributed by atoms with van der Waals surface area (Å²) in [6.07, 6.45) is 15.9. The molecule has 3 nitrogen and oxygen atoms in total. The van der Waals surface area contributed by atoms with Crippen molar-refractivity contribution in [3.63, 3.8) is 0 Å². The number of carbonyl (C=O) groups is 1. The zero-order chi connectivity index (χ0) is 17.9. The Hall–Kier alpha value is -1.38. The van der Waals surface area contributed by atoms with Crippen LogP contribution in [-0.2, 0) is 11.2 Å². The number of carbonyl (C=O) groups excluding carboxylic acids is 1. The molecule has 1 heterocycles. The number of unbranched alkanes of at least 4 members (excludes halogenated alkanes) is 4. The van der Waals surface area contributed by atoms with Gasteiger partial charge in [-0.05, 0) is 56.6 Å². The molecule has 25 heavy (non-hydrogen) atoms. The zero-order valence-electron chi connectivity index (χ0n) is 16.1. The predicted octanol–water partition coefficient (Wildman–Crippen LogP) is 6.11. The number of nitrogens with zero attached hydrogens (tertiary/aromatic N) is 1. The molecule has 0 aromatic carbocycles. The SMILES string of the molecule is CCCCCCCc1ccc(OC(=O)C2CCC(CCC)CC2)cn1. The lowest BCUT2D eigenvalue weighted by molar-refractivity contribution is -0.140. The monoisotopic (exact) mass is 345 g/mol. The van der Waals surface area contributed by atoms with E-state index in [0.717, 1.165) is 30.9 Å². The van der Waals surface area contributed by atoms with E-state index in [2.05, 4.69) is 18.8 Å². The Balaban J connectivity index is 1.70. The molecule has 1 fully saturated rings. The third-order valence-corrected chi connectivity index (χ3v) is 5.43. The Morgan fingerprint density at radius 3 is 2.44 bits per heavy atom. The van der Waals surface area contributed by atoms with Crippen molar-refractivity contribution in [1.29, 1.82) is 0 Å². The topological polar surface area (TPSA) is 39.2 Å². The molecular formula is C22H35NO2. The number of ether oxygens (including phenoxy) is 1. The van der Waals surface area contributed by atoms with E-state index in [1.807, 2.05) is 12.1 Å². The van der Waals surface area contributed by atoms with Crippen molar-refractivity contribution < 1.29 is 9.53 Å². The maximum absolute atomic E-state index is 12.3. The fourth-order valence-electron chi connectivity index (χ4n) is 3.82. The number of rotatable bonds is 10. The van der Waals surface area contributed by atoms with Gasteiger partial charge < -0.3 is 4.74 Å². The van der Waals surface area contributed by atoms with Crippen molar-refractivity contribution in [3.8, 4) is 5.75 Å². The van der Waals surface area contributed by atoms with Crippen LogP contribution in [0.1, 0.15) is 90.2 Å². The minimum absolute atomic E-state index is 0.0657. The number of esters is 1. The summed E-state index contributed by atoms with van der Waals surface area (Å²) < 4.78 is 5.56. The van der Waals surface area contributed by atoms with Gasteiger partial charge in [-0.15, -0.1) is 0 Å². The van der Waals surface area contributed by atoms with Gasteiger partial charge in [-0.1, -0.05) is 52.4 Å². The molecule has 0 amide bonds. The van der Waals surface area contributed by atoms with Crippen molar-refractivity contribution in [2.45, 2.75) is 90.9 Å². The van der Waals surface area contributed by atoms with Crippen molar-refractivity contribution in [2.75, 3.05) is 0 Å². The van der Waals surface area contributed by atoms with Crippen LogP contribution in [0.4, 0.5) is 0 Å². The van der Waals surface area contributed by atoms with Crippen LogP contribution in [0.3, 0.4) is 0 Å². The summed E-state index contributed by atoms with van der Waals surface area (Å²) in [6.45, 7) is 4.47. The van der Waals surface area contributed by atoms with Crippen molar-refractivity contribution in [1.82, 2.24) is 4.98 Å². The molecule has 3 heteroatoms. The lowest BCUT2D eigenvalue weighted by Gasteiger charge is -2.26. The normalized spacial score (nSPS) is 20.4. The number of aromatic nitrogens is 1. The van der Waals surface area contributed by atoms with Crippen molar-refractivity contribution >= 4 is 5.97 Å². The van der Waals surface area contributed by atoms with Gasteiger partial charge in [0.25, 0.3) is 0 Å². The van der Waals surface area contributed by atoms with Gasteiger partial charge >= 0.3 is 5.97 Å². The molecule has 0 spiro atoms. The lowest BCUT2D eigenvalue weighted by atomic mass is 9.80. The standard InChI is InChI=1S/C22H35NO2/c1-3-5-6-7-8-10-20-15-16-21(17-23-20)25-22(24)19-13-11-18(9-4-2)12-14-19/h15-19H,3-14H2,1-2H3. The first-order chi connectivity index (χ1) is 12.2. The number of pyridine rings is 1. The fourth-order valence-corrected chi connectivity index (χ4v) is 3.82. The molecular weight excluding hydrogens is 310 g/mol. The second-order valence-electron chi connectivity index (χ2n) is 7.58.